The molecule has 1 aromatic heterocycles. The number of ether oxygens (including phenoxy) is 1. The molecule has 140 valence electrons. The molecule has 0 radical (unpaired) electrons. The highest BCUT2D eigenvalue weighted by Crippen LogP contribution is 2.32. The fourth-order valence-electron chi connectivity index (χ4n) is 2.48. The Bertz CT molecular complexity index is 1090. The van der Waals surface area contributed by atoms with Crippen molar-refractivity contribution in [2.24, 2.45) is 4.99 Å². The summed E-state index contributed by atoms with van der Waals surface area (Å²) in [6.45, 7) is 0.947. The van der Waals surface area contributed by atoms with Crippen molar-refractivity contribution >= 4 is 68.3 Å². The summed E-state index contributed by atoms with van der Waals surface area (Å²) in [6, 6.07) is 10.9. The monoisotopic (exact) mass is 440 g/mol. The van der Waals surface area contributed by atoms with Gasteiger partial charge in [0.15, 0.2) is 4.80 Å². The summed E-state index contributed by atoms with van der Waals surface area (Å²) in [5.41, 5.74) is 1.49. The van der Waals surface area contributed by atoms with Crippen LogP contribution in [0.5, 0.6) is 0 Å². The minimum absolute atomic E-state index is 0.394. The summed E-state index contributed by atoms with van der Waals surface area (Å²) in [5.74, 6) is -0.394. The SMILES string of the molecule is COCCn1c(=NC(=O)/C=C/c2ccccc2Cl)sc2ccc(Cl)c(Cl)c21. The Morgan fingerprint density at radius 1 is 1.19 bits per heavy atom. The van der Waals surface area contributed by atoms with E-state index in [9.17, 15) is 4.79 Å². The van der Waals surface area contributed by atoms with Crippen LogP contribution in [0.4, 0.5) is 0 Å². The van der Waals surface area contributed by atoms with E-state index in [0.29, 0.717) is 33.0 Å². The Kier molecular flexibility index (Phi) is 6.73. The number of hydrogen-bond donors (Lipinski definition) is 0. The molecule has 0 bridgehead atoms. The molecule has 4 nitrogen and oxygen atoms in total. The molecule has 0 unspecified atom stereocenters. The first-order valence-electron chi connectivity index (χ1n) is 7.99. The fraction of sp³-hybridized carbons (Fsp3) is 0.158. The summed E-state index contributed by atoms with van der Waals surface area (Å²) in [7, 11) is 1.61. The third-order valence-electron chi connectivity index (χ3n) is 3.77. The lowest BCUT2D eigenvalue weighted by Crippen LogP contribution is -2.19. The molecule has 0 saturated carbocycles. The highest BCUT2D eigenvalue weighted by molar-refractivity contribution is 7.16. The van der Waals surface area contributed by atoms with Crippen LogP contribution in [0.1, 0.15) is 5.56 Å². The van der Waals surface area contributed by atoms with Gasteiger partial charge in [0.2, 0.25) is 0 Å². The van der Waals surface area contributed by atoms with Crippen LogP contribution in [0.15, 0.2) is 47.5 Å². The number of fused-ring (bicyclic) bond motifs is 1. The minimum Gasteiger partial charge on any atom is -0.383 e. The first-order valence-corrected chi connectivity index (χ1v) is 9.94. The van der Waals surface area contributed by atoms with Crippen LogP contribution in [0.25, 0.3) is 16.3 Å². The summed E-state index contributed by atoms with van der Waals surface area (Å²) in [4.78, 5) is 17.1. The molecule has 3 rings (SSSR count). The Morgan fingerprint density at radius 3 is 2.70 bits per heavy atom. The molecule has 27 heavy (non-hydrogen) atoms. The molecule has 8 heteroatoms. The Hall–Kier alpha value is -1.63. The Labute approximate surface area is 175 Å². The van der Waals surface area contributed by atoms with Crippen molar-refractivity contribution in [2.75, 3.05) is 13.7 Å². The van der Waals surface area contributed by atoms with Crippen molar-refractivity contribution in [3.05, 3.63) is 67.9 Å². The molecule has 3 aromatic rings. The summed E-state index contributed by atoms with van der Waals surface area (Å²) < 4.78 is 7.90. The first-order chi connectivity index (χ1) is 13.0. The highest BCUT2D eigenvalue weighted by atomic mass is 35.5. The average molecular weight is 442 g/mol. The molecule has 1 heterocycles. The smallest absolute Gasteiger partial charge is 0.272 e. The summed E-state index contributed by atoms with van der Waals surface area (Å²) in [5, 5.41) is 1.45. The van der Waals surface area contributed by atoms with E-state index in [0.717, 1.165) is 15.8 Å². The quantitative estimate of drug-likeness (QED) is 0.494. The predicted molar refractivity (Wildman–Crippen MR) is 113 cm³/mol. The van der Waals surface area contributed by atoms with Crippen LogP contribution < -0.4 is 4.80 Å². The molecule has 0 aliphatic carbocycles. The van der Waals surface area contributed by atoms with Gasteiger partial charge in [-0.1, -0.05) is 64.3 Å². The maximum absolute atomic E-state index is 12.4. The van der Waals surface area contributed by atoms with Gasteiger partial charge in [0.05, 0.1) is 26.9 Å². The Balaban J connectivity index is 2.03. The Morgan fingerprint density at radius 2 is 1.96 bits per heavy atom. The van der Waals surface area contributed by atoms with E-state index in [2.05, 4.69) is 4.99 Å². The van der Waals surface area contributed by atoms with Gasteiger partial charge in [-0.05, 0) is 29.8 Å². The molecule has 0 saturated heterocycles. The number of carbonyl (C=O) groups excluding carboxylic acids is 1. The zero-order valence-electron chi connectivity index (χ0n) is 14.3. The largest absolute Gasteiger partial charge is 0.383 e. The molecule has 0 atom stereocenters. The van der Waals surface area contributed by atoms with Crippen LogP contribution in [-0.2, 0) is 16.1 Å². The van der Waals surface area contributed by atoms with Crippen molar-refractivity contribution in [1.29, 1.82) is 0 Å². The van der Waals surface area contributed by atoms with E-state index >= 15 is 0 Å². The van der Waals surface area contributed by atoms with Crippen molar-refractivity contribution < 1.29 is 9.53 Å². The van der Waals surface area contributed by atoms with E-state index < -0.39 is 5.91 Å². The molecule has 0 aliphatic heterocycles. The third-order valence-corrected chi connectivity index (χ3v) is 5.95. The maximum atomic E-state index is 12.4. The van der Waals surface area contributed by atoms with Gasteiger partial charge >= 0.3 is 0 Å². The second-order valence-electron chi connectivity index (χ2n) is 5.54. The number of nitrogens with zero attached hydrogens (tertiary/aromatic N) is 2. The number of aromatic nitrogens is 1. The second kappa shape index (κ2) is 9.04. The standard InChI is InChI=1S/C19H15Cl3N2O2S/c1-26-11-10-24-18-15(8-7-14(21)17(18)22)27-19(24)23-16(25)9-6-12-4-2-3-5-13(12)20/h2-9H,10-11H2,1H3/b9-6+,23-19?. The number of carbonyl (C=O) groups is 1. The van der Waals surface area contributed by atoms with Gasteiger partial charge in [0.25, 0.3) is 5.91 Å². The van der Waals surface area contributed by atoms with Gasteiger partial charge in [-0.2, -0.15) is 4.99 Å². The topological polar surface area (TPSA) is 43.6 Å². The number of amides is 1. The van der Waals surface area contributed by atoms with Crippen LogP contribution >= 0.6 is 46.1 Å². The molecule has 1 amide bonds. The summed E-state index contributed by atoms with van der Waals surface area (Å²) in [6.07, 6.45) is 3.03. The van der Waals surface area contributed by atoms with Gasteiger partial charge in [0, 0.05) is 24.8 Å². The summed E-state index contributed by atoms with van der Waals surface area (Å²) >= 11 is 20.0. The lowest BCUT2D eigenvalue weighted by molar-refractivity contribution is -0.113. The number of halogens is 3. The molecule has 2 aromatic carbocycles. The molecular weight excluding hydrogens is 427 g/mol. The molecule has 0 fully saturated rings. The lowest BCUT2D eigenvalue weighted by Gasteiger charge is -2.06. The van der Waals surface area contributed by atoms with E-state index in [4.69, 9.17) is 39.5 Å². The van der Waals surface area contributed by atoms with Crippen molar-refractivity contribution in [2.45, 2.75) is 6.54 Å². The van der Waals surface area contributed by atoms with Gasteiger partial charge in [-0.15, -0.1) is 0 Å². The van der Waals surface area contributed by atoms with E-state index in [1.54, 1.807) is 25.3 Å². The van der Waals surface area contributed by atoms with Gasteiger partial charge in [0.1, 0.15) is 0 Å². The van der Waals surface area contributed by atoms with E-state index in [1.165, 1.54) is 17.4 Å². The number of rotatable bonds is 5. The molecular formula is C19H15Cl3N2O2S. The van der Waals surface area contributed by atoms with Crippen LogP contribution in [0.2, 0.25) is 15.1 Å². The zero-order chi connectivity index (χ0) is 19.4. The number of methoxy groups -OCH3 is 1. The maximum Gasteiger partial charge on any atom is 0.272 e. The lowest BCUT2D eigenvalue weighted by atomic mass is 10.2. The van der Waals surface area contributed by atoms with E-state index in [-0.39, 0.29) is 0 Å². The van der Waals surface area contributed by atoms with Gasteiger partial charge in [-0.3, -0.25) is 4.79 Å². The van der Waals surface area contributed by atoms with Crippen LogP contribution in [0, 0.1) is 0 Å². The fourth-order valence-corrected chi connectivity index (χ4v) is 4.23. The molecule has 0 aliphatic rings. The van der Waals surface area contributed by atoms with Gasteiger partial charge in [-0.25, -0.2) is 0 Å². The highest BCUT2D eigenvalue weighted by Gasteiger charge is 2.13. The third kappa shape index (κ3) is 4.62. The molecule has 0 N–H and O–H groups in total. The van der Waals surface area contributed by atoms with E-state index in [1.807, 2.05) is 28.8 Å². The normalized spacial score (nSPS) is 12.4. The van der Waals surface area contributed by atoms with Crippen molar-refractivity contribution in [3.8, 4) is 0 Å². The van der Waals surface area contributed by atoms with Gasteiger partial charge < -0.3 is 9.30 Å². The zero-order valence-corrected chi connectivity index (χ0v) is 17.4. The number of benzene rings is 2. The van der Waals surface area contributed by atoms with Crippen LogP contribution in [-0.4, -0.2) is 24.2 Å². The first kappa shape index (κ1) is 20.1. The second-order valence-corrected chi connectivity index (χ2v) is 7.74. The van der Waals surface area contributed by atoms with Crippen molar-refractivity contribution in [3.63, 3.8) is 0 Å². The van der Waals surface area contributed by atoms with Crippen LogP contribution in [0.3, 0.4) is 0 Å². The number of hydrogen-bond acceptors (Lipinski definition) is 3. The average Bonchev–Trinajstić information content (AvgIpc) is 3.00. The molecule has 0 spiro atoms. The number of thiazole rings is 1. The minimum atomic E-state index is -0.394. The van der Waals surface area contributed by atoms with Crippen molar-refractivity contribution in [1.82, 2.24) is 4.57 Å². The predicted octanol–water partition coefficient (Wildman–Crippen LogP) is 5.45.